The van der Waals surface area contributed by atoms with E-state index in [1.54, 1.807) is 11.9 Å². The Labute approximate surface area is 131 Å². The Bertz CT molecular complexity index is 809. The summed E-state index contributed by atoms with van der Waals surface area (Å²) in [5, 5.41) is 2.65. The number of halogens is 1. The normalized spacial score (nSPS) is 13.3. The van der Waals surface area contributed by atoms with Crippen molar-refractivity contribution in [2.45, 2.75) is 0 Å². The van der Waals surface area contributed by atoms with E-state index in [9.17, 15) is 14.0 Å². The van der Waals surface area contributed by atoms with Gasteiger partial charge in [0.1, 0.15) is 17.8 Å². The number of nitrogens with one attached hydrogen (secondary N) is 1. The van der Waals surface area contributed by atoms with Crippen molar-refractivity contribution in [3.05, 3.63) is 35.9 Å². The van der Waals surface area contributed by atoms with E-state index in [1.165, 1.54) is 25.6 Å². The summed E-state index contributed by atoms with van der Waals surface area (Å²) >= 11 is 0. The molecule has 0 saturated heterocycles. The third-order valence-electron chi connectivity index (χ3n) is 3.43. The molecule has 1 aromatic carbocycles. The van der Waals surface area contributed by atoms with Crippen LogP contribution in [0.5, 0.6) is 0 Å². The molecule has 0 radical (unpaired) electrons. The summed E-state index contributed by atoms with van der Waals surface area (Å²) in [7, 11) is 2.94. The molecule has 2 aromatic rings. The number of methoxy groups -OCH3 is 1. The van der Waals surface area contributed by atoms with Gasteiger partial charge in [-0.2, -0.15) is 0 Å². The summed E-state index contributed by atoms with van der Waals surface area (Å²) in [4.78, 5) is 33.1. The molecule has 0 fully saturated rings. The largest absolute Gasteiger partial charge is 0.465 e. The predicted molar refractivity (Wildman–Crippen MR) is 80.7 cm³/mol. The number of likely N-dealkylation sites (N-methyl/N-ethyl adjacent to an activating group) is 1. The van der Waals surface area contributed by atoms with Gasteiger partial charge in [-0.25, -0.2) is 19.2 Å². The predicted octanol–water partition coefficient (Wildman–Crippen LogP) is 1.46. The van der Waals surface area contributed by atoms with Crippen molar-refractivity contribution in [3.63, 3.8) is 0 Å². The first kappa shape index (κ1) is 14.9. The molecule has 3 rings (SSSR count). The Balaban J connectivity index is 2.17. The zero-order valence-corrected chi connectivity index (χ0v) is 12.5. The Morgan fingerprint density at radius 2 is 2.13 bits per heavy atom. The van der Waals surface area contributed by atoms with Crippen LogP contribution in [0.2, 0.25) is 0 Å². The quantitative estimate of drug-likeness (QED) is 0.844. The van der Waals surface area contributed by atoms with Crippen LogP contribution in [0.4, 0.5) is 15.9 Å². The molecule has 0 aliphatic carbocycles. The first-order valence-corrected chi connectivity index (χ1v) is 6.75. The number of amides is 1. The van der Waals surface area contributed by atoms with Crippen LogP contribution in [-0.2, 0) is 9.53 Å². The van der Waals surface area contributed by atoms with Gasteiger partial charge >= 0.3 is 5.97 Å². The number of anilines is 2. The molecule has 2 heterocycles. The van der Waals surface area contributed by atoms with E-state index in [1.807, 2.05) is 0 Å². The van der Waals surface area contributed by atoms with E-state index in [2.05, 4.69) is 20.0 Å². The molecule has 1 amide bonds. The van der Waals surface area contributed by atoms with Crippen molar-refractivity contribution >= 4 is 23.4 Å². The van der Waals surface area contributed by atoms with Gasteiger partial charge in [-0.1, -0.05) is 0 Å². The molecule has 0 atom stereocenters. The zero-order valence-electron chi connectivity index (χ0n) is 12.5. The molecule has 1 aliphatic rings. The number of hydrogen-bond donors (Lipinski definition) is 1. The average molecular weight is 316 g/mol. The van der Waals surface area contributed by atoms with Crippen LogP contribution in [0, 0.1) is 5.82 Å². The zero-order chi connectivity index (χ0) is 16.6. The van der Waals surface area contributed by atoms with Crippen molar-refractivity contribution in [3.8, 4) is 11.3 Å². The van der Waals surface area contributed by atoms with Gasteiger partial charge in [-0.15, -0.1) is 0 Å². The fraction of sp³-hybridized carbons (Fsp3) is 0.200. The van der Waals surface area contributed by atoms with Crippen LogP contribution in [0.15, 0.2) is 24.5 Å². The highest BCUT2D eigenvalue weighted by Gasteiger charge is 2.25. The van der Waals surface area contributed by atoms with Gasteiger partial charge in [-0.3, -0.25) is 4.79 Å². The molecule has 8 heteroatoms. The highest BCUT2D eigenvalue weighted by molar-refractivity contribution is 6.03. The first-order valence-electron chi connectivity index (χ1n) is 6.75. The minimum absolute atomic E-state index is 0.0809. The van der Waals surface area contributed by atoms with Gasteiger partial charge in [0.15, 0.2) is 5.82 Å². The Morgan fingerprint density at radius 1 is 1.35 bits per heavy atom. The van der Waals surface area contributed by atoms with Crippen LogP contribution in [-0.4, -0.2) is 42.5 Å². The number of fused-ring (bicyclic) bond motifs is 1. The molecule has 7 nitrogen and oxygen atoms in total. The van der Waals surface area contributed by atoms with Gasteiger partial charge in [-0.05, 0) is 18.2 Å². The number of esters is 1. The van der Waals surface area contributed by atoms with Crippen LogP contribution in [0.3, 0.4) is 0 Å². The highest BCUT2D eigenvalue weighted by atomic mass is 19.1. The monoisotopic (exact) mass is 316 g/mol. The Kier molecular flexibility index (Phi) is 3.65. The number of rotatable bonds is 2. The minimum Gasteiger partial charge on any atom is -0.465 e. The highest BCUT2D eigenvalue weighted by Crippen LogP contribution is 2.36. The fourth-order valence-electron chi connectivity index (χ4n) is 2.47. The molecule has 1 N–H and O–H groups in total. The number of benzene rings is 1. The maximum atomic E-state index is 13.9. The summed E-state index contributed by atoms with van der Waals surface area (Å²) in [6.07, 6.45) is 1.27. The van der Waals surface area contributed by atoms with Gasteiger partial charge < -0.3 is 15.0 Å². The van der Waals surface area contributed by atoms with Crippen molar-refractivity contribution in [1.29, 1.82) is 0 Å². The second-order valence-corrected chi connectivity index (χ2v) is 5.04. The van der Waals surface area contributed by atoms with Crippen LogP contribution in [0.1, 0.15) is 10.4 Å². The van der Waals surface area contributed by atoms with Crippen LogP contribution >= 0.6 is 0 Å². The number of aromatic nitrogens is 2. The molecule has 1 aliphatic heterocycles. The lowest BCUT2D eigenvalue weighted by Gasteiger charge is -2.27. The standard InChI is InChI=1S/C15H13FN4O3/c1-20-6-11(21)19-14-13(20)12(17-7-18-14)8-3-9(15(22)23-2)5-10(16)4-8/h3-5,7H,6H2,1-2H3,(H,17,18,19,21). The van der Waals surface area contributed by atoms with E-state index in [4.69, 9.17) is 0 Å². The third kappa shape index (κ3) is 2.70. The van der Waals surface area contributed by atoms with E-state index >= 15 is 0 Å². The number of carbonyl (C=O) groups excluding carboxylic acids is 2. The van der Waals surface area contributed by atoms with Crippen LogP contribution < -0.4 is 10.2 Å². The lowest BCUT2D eigenvalue weighted by atomic mass is 10.0. The second-order valence-electron chi connectivity index (χ2n) is 5.04. The Morgan fingerprint density at radius 3 is 2.87 bits per heavy atom. The summed E-state index contributed by atoms with van der Waals surface area (Å²) in [6.45, 7) is 0.131. The maximum absolute atomic E-state index is 13.9. The number of carbonyl (C=O) groups is 2. The van der Waals surface area contributed by atoms with E-state index < -0.39 is 11.8 Å². The van der Waals surface area contributed by atoms with E-state index in [0.717, 1.165) is 6.07 Å². The van der Waals surface area contributed by atoms with E-state index in [0.29, 0.717) is 22.8 Å². The lowest BCUT2D eigenvalue weighted by molar-refractivity contribution is -0.115. The summed E-state index contributed by atoms with van der Waals surface area (Å²) in [6, 6.07) is 3.84. The summed E-state index contributed by atoms with van der Waals surface area (Å²) < 4.78 is 18.5. The topological polar surface area (TPSA) is 84.4 Å². The molecule has 0 spiro atoms. The van der Waals surface area contributed by atoms with Gasteiger partial charge in [0.05, 0.1) is 24.9 Å². The molecule has 0 unspecified atom stereocenters. The SMILES string of the molecule is COC(=O)c1cc(F)cc(-c2ncnc3c2N(C)CC(=O)N3)c1. The third-order valence-corrected chi connectivity index (χ3v) is 3.43. The number of hydrogen-bond acceptors (Lipinski definition) is 6. The van der Waals surface area contributed by atoms with Crippen molar-refractivity contribution in [2.75, 3.05) is 30.9 Å². The molecular formula is C15H13FN4O3. The van der Waals surface area contributed by atoms with E-state index in [-0.39, 0.29) is 18.0 Å². The van der Waals surface area contributed by atoms with Crippen molar-refractivity contribution in [2.24, 2.45) is 0 Å². The first-order chi connectivity index (χ1) is 11.0. The molecule has 1 aromatic heterocycles. The molecular weight excluding hydrogens is 303 g/mol. The smallest absolute Gasteiger partial charge is 0.337 e. The molecule has 0 bridgehead atoms. The lowest BCUT2D eigenvalue weighted by Crippen LogP contribution is -2.36. The summed E-state index contributed by atoms with van der Waals surface area (Å²) in [5.41, 5.74) is 1.46. The fourth-order valence-corrected chi connectivity index (χ4v) is 2.47. The second kappa shape index (κ2) is 5.64. The summed E-state index contributed by atoms with van der Waals surface area (Å²) in [5.74, 6) is -1.08. The van der Waals surface area contributed by atoms with Crippen molar-refractivity contribution in [1.82, 2.24) is 9.97 Å². The van der Waals surface area contributed by atoms with Gasteiger partial charge in [0.25, 0.3) is 0 Å². The number of ether oxygens (including phenoxy) is 1. The van der Waals surface area contributed by atoms with Crippen molar-refractivity contribution < 1.29 is 18.7 Å². The van der Waals surface area contributed by atoms with Gasteiger partial charge in [0.2, 0.25) is 5.91 Å². The average Bonchev–Trinajstić information content (AvgIpc) is 2.52. The molecule has 23 heavy (non-hydrogen) atoms. The minimum atomic E-state index is -0.643. The van der Waals surface area contributed by atoms with Crippen LogP contribution in [0.25, 0.3) is 11.3 Å². The van der Waals surface area contributed by atoms with Gasteiger partial charge in [0, 0.05) is 12.6 Å². The number of nitrogens with zero attached hydrogens (tertiary/aromatic N) is 3. The maximum Gasteiger partial charge on any atom is 0.337 e. The Hall–Kier alpha value is -3.03. The molecule has 118 valence electrons. The molecule has 0 saturated carbocycles.